The lowest BCUT2D eigenvalue weighted by Gasteiger charge is -2.07. The van der Waals surface area contributed by atoms with Crippen LogP contribution in [0.4, 0.5) is 10.1 Å². The van der Waals surface area contributed by atoms with Crippen LogP contribution in [-0.2, 0) is 0 Å². The number of carbonyl (C=O) groups is 1. The van der Waals surface area contributed by atoms with E-state index in [9.17, 15) is 9.18 Å². The number of halogens is 2. The highest BCUT2D eigenvalue weighted by molar-refractivity contribution is 9.10. The summed E-state index contributed by atoms with van der Waals surface area (Å²) >= 11 is 3.05. The van der Waals surface area contributed by atoms with Gasteiger partial charge in [0, 0.05) is 11.3 Å². The summed E-state index contributed by atoms with van der Waals surface area (Å²) < 4.78 is 13.5. The molecule has 0 heterocycles. The zero-order valence-corrected chi connectivity index (χ0v) is 11.4. The maximum atomic E-state index is 13.3. The maximum absolute atomic E-state index is 13.3. The fourth-order valence-corrected chi connectivity index (χ4v) is 2.01. The topological polar surface area (TPSA) is 29.1 Å². The van der Waals surface area contributed by atoms with Crippen molar-refractivity contribution in [1.29, 1.82) is 0 Å². The van der Waals surface area contributed by atoms with Gasteiger partial charge in [0.1, 0.15) is 5.82 Å². The minimum absolute atomic E-state index is 0.139. The van der Waals surface area contributed by atoms with Gasteiger partial charge in [0.25, 0.3) is 5.91 Å². The third-order valence-electron chi connectivity index (χ3n) is 2.48. The molecular weight excluding hydrogens is 309 g/mol. The van der Waals surface area contributed by atoms with Crippen molar-refractivity contribution in [2.24, 2.45) is 0 Å². The van der Waals surface area contributed by atoms with Crippen LogP contribution in [0, 0.1) is 18.2 Å². The smallest absolute Gasteiger partial charge is 0.256 e. The Kier molecular flexibility index (Phi) is 3.98. The average Bonchev–Trinajstić information content (AvgIpc) is 2.42. The molecule has 4 heteroatoms. The van der Waals surface area contributed by atoms with E-state index in [0.29, 0.717) is 11.3 Å². The van der Waals surface area contributed by atoms with Crippen molar-refractivity contribution in [2.75, 3.05) is 5.32 Å². The number of benzene rings is 2. The van der Waals surface area contributed by atoms with Crippen molar-refractivity contribution >= 4 is 27.5 Å². The minimum atomic E-state index is -0.481. The molecule has 2 aromatic rings. The van der Waals surface area contributed by atoms with E-state index in [2.05, 4.69) is 27.2 Å². The molecule has 0 aliphatic heterocycles. The lowest BCUT2D eigenvalue weighted by Crippen LogP contribution is -2.13. The Bertz CT molecular complexity index is 676. The van der Waals surface area contributed by atoms with Crippen LogP contribution in [-0.4, -0.2) is 5.91 Å². The summed E-state index contributed by atoms with van der Waals surface area (Å²) in [5, 5.41) is 2.67. The molecule has 0 saturated heterocycles. The molecule has 0 aliphatic rings. The van der Waals surface area contributed by atoms with Crippen LogP contribution in [0.3, 0.4) is 0 Å². The van der Waals surface area contributed by atoms with Gasteiger partial charge in [-0.25, -0.2) is 4.39 Å². The van der Waals surface area contributed by atoms with E-state index in [1.807, 2.05) is 0 Å². The Hall–Kier alpha value is -2.12. The Balaban J connectivity index is 2.26. The predicted molar refractivity (Wildman–Crippen MR) is 76.4 cm³/mol. The van der Waals surface area contributed by atoms with Gasteiger partial charge in [-0.3, -0.25) is 4.79 Å². The SMILES string of the molecule is C#Cc1cccc(NC(=O)c2cccc(F)c2Br)c1. The zero-order valence-electron chi connectivity index (χ0n) is 9.78. The van der Waals surface area contributed by atoms with Gasteiger partial charge in [-0.05, 0) is 46.3 Å². The van der Waals surface area contributed by atoms with Crippen LogP contribution >= 0.6 is 15.9 Å². The number of rotatable bonds is 2. The molecule has 0 aromatic heterocycles. The predicted octanol–water partition coefficient (Wildman–Crippen LogP) is 3.82. The first-order valence-corrected chi connectivity index (χ1v) is 6.23. The summed E-state index contributed by atoms with van der Waals surface area (Å²) in [4.78, 5) is 12.0. The van der Waals surface area contributed by atoms with Crippen LogP contribution < -0.4 is 5.32 Å². The lowest BCUT2D eigenvalue weighted by atomic mass is 10.2. The second-order valence-corrected chi connectivity index (χ2v) is 4.57. The number of terminal acetylenes is 1. The number of hydrogen-bond acceptors (Lipinski definition) is 1. The van der Waals surface area contributed by atoms with Gasteiger partial charge < -0.3 is 5.32 Å². The van der Waals surface area contributed by atoms with Crippen LogP contribution in [0.2, 0.25) is 0 Å². The molecule has 0 unspecified atom stereocenters. The van der Waals surface area contributed by atoms with Gasteiger partial charge in [-0.1, -0.05) is 18.1 Å². The van der Waals surface area contributed by atoms with Crippen LogP contribution in [0.1, 0.15) is 15.9 Å². The molecule has 0 fully saturated rings. The van der Waals surface area contributed by atoms with Crippen molar-refractivity contribution in [3.05, 3.63) is 63.9 Å². The monoisotopic (exact) mass is 317 g/mol. The summed E-state index contributed by atoms with van der Waals surface area (Å²) in [6, 6.07) is 11.2. The molecule has 0 radical (unpaired) electrons. The summed E-state index contributed by atoms with van der Waals surface area (Å²) in [6.07, 6.45) is 5.28. The van der Waals surface area contributed by atoms with Crippen molar-refractivity contribution in [3.8, 4) is 12.3 Å². The first-order chi connectivity index (χ1) is 9.11. The Morgan fingerprint density at radius 3 is 2.74 bits per heavy atom. The summed E-state index contributed by atoms with van der Waals surface area (Å²) in [5.41, 5.74) is 1.46. The number of amides is 1. The van der Waals surface area contributed by atoms with Crippen LogP contribution in [0.15, 0.2) is 46.9 Å². The normalized spacial score (nSPS) is 9.74. The minimum Gasteiger partial charge on any atom is -0.322 e. The van der Waals surface area contributed by atoms with E-state index in [4.69, 9.17) is 6.42 Å². The quantitative estimate of drug-likeness (QED) is 0.838. The number of carbonyl (C=O) groups excluding carboxylic acids is 1. The van der Waals surface area contributed by atoms with Gasteiger partial charge in [0.2, 0.25) is 0 Å². The highest BCUT2D eigenvalue weighted by Crippen LogP contribution is 2.21. The Morgan fingerprint density at radius 2 is 2.00 bits per heavy atom. The molecule has 2 rings (SSSR count). The van der Waals surface area contributed by atoms with E-state index >= 15 is 0 Å². The first-order valence-electron chi connectivity index (χ1n) is 5.44. The molecular formula is C15H9BrFNO. The van der Waals surface area contributed by atoms with Gasteiger partial charge in [0.05, 0.1) is 10.0 Å². The van der Waals surface area contributed by atoms with E-state index in [-0.39, 0.29) is 10.0 Å². The molecule has 0 aliphatic carbocycles. The Morgan fingerprint density at radius 1 is 1.26 bits per heavy atom. The molecule has 1 amide bonds. The molecule has 19 heavy (non-hydrogen) atoms. The van der Waals surface area contributed by atoms with E-state index in [0.717, 1.165) is 0 Å². The number of hydrogen-bond donors (Lipinski definition) is 1. The van der Waals surface area contributed by atoms with Crippen molar-refractivity contribution in [3.63, 3.8) is 0 Å². The molecule has 94 valence electrons. The van der Waals surface area contributed by atoms with Crippen LogP contribution in [0.5, 0.6) is 0 Å². The molecule has 2 aromatic carbocycles. The van der Waals surface area contributed by atoms with Gasteiger partial charge in [-0.2, -0.15) is 0 Å². The first kappa shape index (κ1) is 13.3. The Labute approximate surface area is 118 Å². The zero-order chi connectivity index (χ0) is 13.8. The summed E-state index contributed by atoms with van der Waals surface area (Å²) in [5.74, 6) is 1.60. The van der Waals surface area contributed by atoms with Crippen LogP contribution in [0.25, 0.3) is 0 Å². The van der Waals surface area contributed by atoms with E-state index in [1.54, 1.807) is 24.3 Å². The molecule has 0 spiro atoms. The van der Waals surface area contributed by atoms with Crippen molar-refractivity contribution < 1.29 is 9.18 Å². The lowest BCUT2D eigenvalue weighted by molar-refractivity contribution is 0.102. The van der Waals surface area contributed by atoms with Gasteiger partial charge in [0.15, 0.2) is 0 Å². The standard InChI is InChI=1S/C15H9BrFNO/c1-2-10-5-3-6-11(9-10)18-15(19)12-7-4-8-13(17)14(12)16/h1,3-9H,(H,18,19). The molecule has 1 N–H and O–H groups in total. The number of nitrogens with one attached hydrogen (secondary N) is 1. The fourth-order valence-electron chi connectivity index (χ4n) is 1.56. The second-order valence-electron chi connectivity index (χ2n) is 3.78. The number of anilines is 1. The van der Waals surface area contributed by atoms with Crippen molar-refractivity contribution in [1.82, 2.24) is 0 Å². The molecule has 0 bridgehead atoms. The van der Waals surface area contributed by atoms with Gasteiger partial charge in [-0.15, -0.1) is 6.42 Å². The second kappa shape index (κ2) is 5.68. The average molecular weight is 318 g/mol. The largest absolute Gasteiger partial charge is 0.322 e. The third kappa shape index (κ3) is 3.01. The molecule has 0 saturated carbocycles. The highest BCUT2D eigenvalue weighted by atomic mass is 79.9. The third-order valence-corrected chi connectivity index (χ3v) is 3.29. The molecule has 0 atom stereocenters. The highest BCUT2D eigenvalue weighted by Gasteiger charge is 2.13. The maximum Gasteiger partial charge on any atom is 0.256 e. The van der Waals surface area contributed by atoms with E-state index in [1.165, 1.54) is 18.2 Å². The fraction of sp³-hybridized carbons (Fsp3) is 0. The summed E-state index contributed by atoms with van der Waals surface area (Å²) in [7, 11) is 0. The van der Waals surface area contributed by atoms with Crippen molar-refractivity contribution in [2.45, 2.75) is 0 Å². The van der Waals surface area contributed by atoms with Gasteiger partial charge >= 0.3 is 0 Å². The van der Waals surface area contributed by atoms with E-state index < -0.39 is 11.7 Å². The summed E-state index contributed by atoms with van der Waals surface area (Å²) in [6.45, 7) is 0. The molecule has 2 nitrogen and oxygen atoms in total.